The Morgan fingerprint density at radius 1 is 1.42 bits per heavy atom. The van der Waals surface area contributed by atoms with Gasteiger partial charge in [-0.2, -0.15) is 0 Å². The summed E-state index contributed by atoms with van der Waals surface area (Å²) in [5, 5.41) is 16.6. The zero-order valence-corrected chi connectivity index (χ0v) is 7.42. The smallest absolute Gasteiger partial charge is 0.330 e. The number of aliphatic hydroxyl groups excluding tert-OH is 1. The molecule has 0 atom stereocenters. The van der Waals surface area contributed by atoms with Gasteiger partial charge in [0, 0.05) is 5.57 Å². The van der Waals surface area contributed by atoms with Crippen molar-refractivity contribution in [2.45, 2.75) is 38.7 Å². The predicted molar refractivity (Wildman–Crippen MR) is 46.9 cm³/mol. The predicted octanol–water partition coefficient (Wildman–Crippen LogP) is 1.57. The number of carboxylic acid groups (broad SMARTS) is 1. The Labute approximate surface area is 72.7 Å². The van der Waals surface area contributed by atoms with Crippen LogP contribution in [0.4, 0.5) is 0 Å². The van der Waals surface area contributed by atoms with E-state index < -0.39 is 5.97 Å². The standard InChI is InChI=1S/C5H10O.C4H6O2/c6-5-3-1-2-4-5;1-3(2)4(5)6/h5-6H,1-4H2;1H2,2H3,(H,5,6). The van der Waals surface area contributed by atoms with Gasteiger partial charge in [0.2, 0.25) is 0 Å². The molecule has 0 aromatic rings. The van der Waals surface area contributed by atoms with Crippen LogP contribution in [-0.2, 0) is 4.79 Å². The maximum absolute atomic E-state index is 9.60. The second-order valence-corrected chi connectivity index (χ2v) is 3.02. The van der Waals surface area contributed by atoms with Crippen molar-refractivity contribution < 1.29 is 15.0 Å². The van der Waals surface area contributed by atoms with Crippen LogP contribution in [0.2, 0.25) is 0 Å². The van der Waals surface area contributed by atoms with Crippen LogP contribution in [0.3, 0.4) is 0 Å². The van der Waals surface area contributed by atoms with Crippen LogP contribution in [0.15, 0.2) is 12.2 Å². The Balaban J connectivity index is 0.000000202. The van der Waals surface area contributed by atoms with E-state index in [2.05, 4.69) is 6.58 Å². The van der Waals surface area contributed by atoms with Gasteiger partial charge in [-0.05, 0) is 19.8 Å². The first-order chi connectivity index (χ1) is 5.54. The summed E-state index contributed by atoms with van der Waals surface area (Å²) in [6.07, 6.45) is 4.60. The quantitative estimate of drug-likeness (QED) is 0.590. The van der Waals surface area contributed by atoms with Crippen molar-refractivity contribution in [2.75, 3.05) is 0 Å². The summed E-state index contributed by atoms with van der Waals surface area (Å²) in [6.45, 7) is 4.60. The summed E-state index contributed by atoms with van der Waals surface area (Å²) in [5.41, 5.74) is 0.176. The zero-order valence-electron chi connectivity index (χ0n) is 7.42. The fourth-order valence-corrected chi connectivity index (χ4v) is 0.904. The van der Waals surface area contributed by atoms with Gasteiger partial charge in [-0.15, -0.1) is 0 Å². The number of carboxylic acids is 1. The normalized spacial score (nSPS) is 16.5. The molecule has 0 aromatic heterocycles. The van der Waals surface area contributed by atoms with Crippen molar-refractivity contribution >= 4 is 5.97 Å². The Morgan fingerprint density at radius 3 is 1.83 bits per heavy atom. The lowest BCUT2D eigenvalue weighted by atomic mass is 10.3. The van der Waals surface area contributed by atoms with E-state index in [9.17, 15) is 4.79 Å². The summed E-state index contributed by atoms with van der Waals surface area (Å²) < 4.78 is 0. The molecule has 1 fully saturated rings. The Morgan fingerprint density at radius 2 is 1.75 bits per heavy atom. The lowest BCUT2D eigenvalue weighted by Crippen LogP contribution is -1.94. The van der Waals surface area contributed by atoms with Gasteiger partial charge in [-0.1, -0.05) is 19.4 Å². The molecule has 0 spiro atoms. The van der Waals surface area contributed by atoms with E-state index >= 15 is 0 Å². The molecule has 0 bridgehead atoms. The fraction of sp³-hybridized carbons (Fsp3) is 0.667. The van der Waals surface area contributed by atoms with Crippen molar-refractivity contribution in [2.24, 2.45) is 0 Å². The summed E-state index contributed by atoms with van der Waals surface area (Å²) in [7, 11) is 0. The van der Waals surface area contributed by atoms with E-state index in [-0.39, 0.29) is 11.7 Å². The van der Waals surface area contributed by atoms with Gasteiger partial charge in [0.15, 0.2) is 0 Å². The topological polar surface area (TPSA) is 57.5 Å². The molecular formula is C9H16O3. The van der Waals surface area contributed by atoms with Gasteiger partial charge in [0.25, 0.3) is 0 Å². The average Bonchev–Trinajstić information content (AvgIpc) is 2.40. The lowest BCUT2D eigenvalue weighted by molar-refractivity contribution is -0.132. The molecule has 1 aliphatic carbocycles. The van der Waals surface area contributed by atoms with Gasteiger partial charge in [0.1, 0.15) is 0 Å². The highest BCUT2D eigenvalue weighted by molar-refractivity contribution is 5.84. The van der Waals surface area contributed by atoms with Crippen LogP contribution in [0.1, 0.15) is 32.6 Å². The van der Waals surface area contributed by atoms with Crippen LogP contribution in [-0.4, -0.2) is 22.3 Å². The van der Waals surface area contributed by atoms with Gasteiger partial charge in [-0.3, -0.25) is 0 Å². The van der Waals surface area contributed by atoms with E-state index in [1.807, 2.05) is 0 Å². The van der Waals surface area contributed by atoms with Crippen LogP contribution in [0.5, 0.6) is 0 Å². The molecule has 0 aromatic carbocycles. The molecule has 0 unspecified atom stereocenters. The Bertz CT molecular complexity index is 145. The minimum Gasteiger partial charge on any atom is -0.478 e. The first-order valence-electron chi connectivity index (χ1n) is 4.11. The zero-order chi connectivity index (χ0) is 9.56. The van der Waals surface area contributed by atoms with E-state index in [4.69, 9.17) is 10.2 Å². The molecule has 12 heavy (non-hydrogen) atoms. The highest BCUT2D eigenvalue weighted by atomic mass is 16.4. The third-order valence-corrected chi connectivity index (χ3v) is 1.69. The molecule has 1 rings (SSSR count). The van der Waals surface area contributed by atoms with Crippen molar-refractivity contribution in [3.05, 3.63) is 12.2 Å². The second kappa shape index (κ2) is 5.77. The van der Waals surface area contributed by atoms with Crippen molar-refractivity contribution in [3.63, 3.8) is 0 Å². The summed E-state index contributed by atoms with van der Waals surface area (Å²) in [4.78, 5) is 9.60. The maximum atomic E-state index is 9.60. The van der Waals surface area contributed by atoms with Crippen molar-refractivity contribution in [3.8, 4) is 0 Å². The third-order valence-electron chi connectivity index (χ3n) is 1.69. The number of aliphatic carboxylic acids is 1. The molecule has 3 heteroatoms. The average molecular weight is 172 g/mol. The fourth-order valence-electron chi connectivity index (χ4n) is 0.904. The Hall–Kier alpha value is -0.830. The maximum Gasteiger partial charge on any atom is 0.330 e. The molecule has 1 aliphatic rings. The monoisotopic (exact) mass is 172 g/mol. The van der Waals surface area contributed by atoms with E-state index in [0.717, 1.165) is 12.8 Å². The molecule has 0 heterocycles. The van der Waals surface area contributed by atoms with Crippen LogP contribution >= 0.6 is 0 Å². The first-order valence-corrected chi connectivity index (χ1v) is 4.11. The molecular weight excluding hydrogens is 156 g/mol. The lowest BCUT2D eigenvalue weighted by Gasteiger charge is -1.91. The largest absolute Gasteiger partial charge is 0.478 e. The van der Waals surface area contributed by atoms with E-state index in [1.54, 1.807) is 0 Å². The van der Waals surface area contributed by atoms with Crippen LogP contribution in [0.25, 0.3) is 0 Å². The molecule has 0 radical (unpaired) electrons. The number of carbonyl (C=O) groups is 1. The number of hydrogen-bond acceptors (Lipinski definition) is 2. The Kier molecular flexibility index (Phi) is 5.37. The summed E-state index contributed by atoms with van der Waals surface area (Å²) >= 11 is 0. The van der Waals surface area contributed by atoms with Gasteiger partial charge in [-0.25, -0.2) is 4.79 Å². The number of rotatable bonds is 1. The van der Waals surface area contributed by atoms with Crippen LogP contribution in [0, 0.1) is 0 Å². The van der Waals surface area contributed by atoms with Gasteiger partial charge in [0.05, 0.1) is 6.10 Å². The minimum atomic E-state index is -0.935. The number of hydrogen-bond donors (Lipinski definition) is 2. The summed E-state index contributed by atoms with van der Waals surface area (Å²) in [5.74, 6) is -0.935. The molecule has 2 N–H and O–H groups in total. The number of aliphatic hydroxyl groups is 1. The molecule has 3 nitrogen and oxygen atoms in total. The van der Waals surface area contributed by atoms with Crippen LogP contribution < -0.4 is 0 Å². The summed E-state index contributed by atoms with van der Waals surface area (Å²) in [6, 6.07) is 0. The van der Waals surface area contributed by atoms with Crippen molar-refractivity contribution in [1.82, 2.24) is 0 Å². The SMILES string of the molecule is C=C(C)C(=O)O.OC1CCCC1. The van der Waals surface area contributed by atoms with E-state index in [0.29, 0.717) is 0 Å². The third kappa shape index (κ3) is 5.92. The highest BCUT2D eigenvalue weighted by Crippen LogP contribution is 2.16. The van der Waals surface area contributed by atoms with Gasteiger partial charge < -0.3 is 10.2 Å². The molecule has 70 valence electrons. The molecule has 0 saturated heterocycles. The van der Waals surface area contributed by atoms with Crippen molar-refractivity contribution in [1.29, 1.82) is 0 Å². The molecule has 0 aliphatic heterocycles. The second-order valence-electron chi connectivity index (χ2n) is 3.02. The first kappa shape index (κ1) is 11.2. The molecule has 0 amide bonds. The van der Waals surface area contributed by atoms with Gasteiger partial charge >= 0.3 is 5.97 Å². The molecule has 1 saturated carbocycles. The minimum absolute atomic E-state index is 0.0463. The van der Waals surface area contributed by atoms with E-state index in [1.165, 1.54) is 19.8 Å². The highest BCUT2D eigenvalue weighted by Gasteiger charge is 2.09.